The number of aromatic nitrogens is 1. The van der Waals surface area contributed by atoms with Crippen molar-refractivity contribution in [3.63, 3.8) is 0 Å². The van der Waals surface area contributed by atoms with E-state index in [0.29, 0.717) is 13.0 Å². The molecule has 2 heterocycles. The van der Waals surface area contributed by atoms with Crippen LogP contribution in [0.3, 0.4) is 0 Å². The summed E-state index contributed by atoms with van der Waals surface area (Å²) in [4.78, 5) is 17.7. The molecule has 1 aromatic rings. The predicted molar refractivity (Wildman–Crippen MR) is 61.3 cm³/mol. The van der Waals surface area contributed by atoms with Gasteiger partial charge in [0.05, 0.1) is 17.9 Å². The summed E-state index contributed by atoms with van der Waals surface area (Å²) in [6.45, 7) is 1.41. The summed E-state index contributed by atoms with van der Waals surface area (Å²) in [5, 5.41) is 0. The number of nitrogens with two attached hydrogens (primary N) is 1. The molecule has 0 saturated carbocycles. The molecular formula is C11H16N4O. The van der Waals surface area contributed by atoms with Gasteiger partial charge in [0.15, 0.2) is 0 Å². The smallest absolute Gasteiger partial charge is 0.222 e. The summed E-state index contributed by atoms with van der Waals surface area (Å²) < 4.78 is 0. The van der Waals surface area contributed by atoms with E-state index in [1.807, 2.05) is 11.0 Å². The van der Waals surface area contributed by atoms with Crippen molar-refractivity contribution in [1.82, 2.24) is 9.88 Å². The Balaban J connectivity index is 2.04. The number of nitrogens with zero attached hydrogens (tertiary/aromatic N) is 2. The number of carbonyl (C=O) groups excluding carboxylic acids is 1. The van der Waals surface area contributed by atoms with Gasteiger partial charge in [-0.15, -0.1) is 0 Å². The minimum absolute atomic E-state index is 0.221. The molecule has 0 aliphatic carbocycles. The molecule has 5 nitrogen and oxygen atoms in total. The normalized spacial score (nSPS) is 16.3. The van der Waals surface area contributed by atoms with Crippen molar-refractivity contribution in [3.8, 4) is 0 Å². The van der Waals surface area contributed by atoms with Gasteiger partial charge in [0.25, 0.3) is 0 Å². The van der Waals surface area contributed by atoms with Crippen LogP contribution in [0.1, 0.15) is 25.0 Å². The third-order valence-corrected chi connectivity index (χ3v) is 2.76. The molecule has 1 saturated heterocycles. The molecule has 0 radical (unpaired) electrons. The predicted octanol–water partition coefficient (Wildman–Crippen LogP) is 0.880. The number of anilines is 1. The monoisotopic (exact) mass is 220 g/mol. The lowest BCUT2D eigenvalue weighted by molar-refractivity contribution is -0.133. The summed E-state index contributed by atoms with van der Waals surface area (Å²) in [6.07, 6.45) is 4.45. The van der Waals surface area contributed by atoms with Crippen LogP contribution in [-0.4, -0.2) is 22.3 Å². The van der Waals surface area contributed by atoms with E-state index in [-0.39, 0.29) is 5.91 Å². The fourth-order valence-corrected chi connectivity index (χ4v) is 1.88. The zero-order chi connectivity index (χ0) is 11.4. The van der Waals surface area contributed by atoms with Gasteiger partial charge in [-0.25, -0.2) is 0 Å². The average molecular weight is 220 g/mol. The molecule has 0 aromatic carbocycles. The summed E-state index contributed by atoms with van der Waals surface area (Å²) >= 11 is 0. The van der Waals surface area contributed by atoms with Gasteiger partial charge in [0.2, 0.25) is 5.91 Å². The van der Waals surface area contributed by atoms with E-state index in [0.717, 1.165) is 30.8 Å². The van der Waals surface area contributed by atoms with Crippen LogP contribution in [0.25, 0.3) is 0 Å². The van der Waals surface area contributed by atoms with Crippen LogP contribution in [0.5, 0.6) is 0 Å². The Bertz CT molecular complexity index is 380. The van der Waals surface area contributed by atoms with E-state index < -0.39 is 0 Å². The van der Waals surface area contributed by atoms with E-state index in [4.69, 9.17) is 5.84 Å². The maximum atomic E-state index is 11.6. The second-order valence-electron chi connectivity index (χ2n) is 3.95. The molecule has 0 unspecified atom stereocenters. The SMILES string of the molecule is NNc1ccnc(CN2CCCCC2=O)c1. The van der Waals surface area contributed by atoms with Gasteiger partial charge < -0.3 is 10.3 Å². The number of carbonyl (C=O) groups is 1. The molecule has 1 aliphatic heterocycles. The van der Waals surface area contributed by atoms with E-state index in [1.54, 1.807) is 12.3 Å². The highest BCUT2D eigenvalue weighted by Gasteiger charge is 2.18. The van der Waals surface area contributed by atoms with Crippen molar-refractivity contribution in [3.05, 3.63) is 24.0 Å². The van der Waals surface area contributed by atoms with Gasteiger partial charge in [-0.1, -0.05) is 0 Å². The quantitative estimate of drug-likeness (QED) is 0.586. The Morgan fingerprint density at radius 3 is 3.12 bits per heavy atom. The first kappa shape index (κ1) is 10.9. The molecule has 0 atom stereocenters. The molecule has 0 bridgehead atoms. The molecule has 16 heavy (non-hydrogen) atoms. The molecule has 2 rings (SSSR count). The molecule has 1 aromatic heterocycles. The topological polar surface area (TPSA) is 71.2 Å². The van der Waals surface area contributed by atoms with Crippen LogP contribution in [0.2, 0.25) is 0 Å². The number of rotatable bonds is 3. The fraction of sp³-hybridized carbons (Fsp3) is 0.455. The lowest BCUT2D eigenvalue weighted by Crippen LogP contribution is -2.34. The summed E-state index contributed by atoms with van der Waals surface area (Å²) in [6, 6.07) is 3.66. The minimum Gasteiger partial charge on any atom is -0.337 e. The third-order valence-electron chi connectivity index (χ3n) is 2.76. The number of nitrogens with one attached hydrogen (secondary N) is 1. The molecule has 0 spiro atoms. The second kappa shape index (κ2) is 4.94. The molecule has 5 heteroatoms. The minimum atomic E-state index is 0.221. The van der Waals surface area contributed by atoms with Gasteiger partial charge in [0.1, 0.15) is 0 Å². The summed E-state index contributed by atoms with van der Waals surface area (Å²) in [5.41, 5.74) is 4.25. The number of nitrogen functional groups attached to an aromatic ring is 1. The molecule has 1 fully saturated rings. The first-order valence-corrected chi connectivity index (χ1v) is 5.49. The standard InChI is InChI=1S/C11H16N4O/c12-14-9-4-5-13-10(7-9)8-15-6-2-1-3-11(15)16/h4-5,7H,1-3,6,8,12H2,(H,13,14). The molecule has 3 N–H and O–H groups in total. The number of likely N-dealkylation sites (tertiary alicyclic amines) is 1. The number of amides is 1. The van der Waals surface area contributed by atoms with Gasteiger partial charge in [-0.2, -0.15) is 0 Å². The van der Waals surface area contributed by atoms with Crippen LogP contribution < -0.4 is 11.3 Å². The van der Waals surface area contributed by atoms with Crippen molar-refractivity contribution < 1.29 is 4.79 Å². The van der Waals surface area contributed by atoms with E-state index >= 15 is 0 Å². The first-order valence-electron chi connectivity index (χ1n) is 5.49. The molecule has 1 amide bonds. The van der Waals surface area contributed by atoms with Crippen molar-refractivity contribution in [2.24, 2.45) is 5.84 Å². The lowest BCUT2D eigenvalue weighted by Gasteiger charge is -2.26. The maximum absolute atomic E-state index is 11.6. The van der Waals surface area contributed by atoms with Gasteiger partial charge in [-0.05, 0) is 25.0 Å². The van der Waals surface area contributed by atoms with Crippen LogP contribution in [-0.2, 0) is 11.3 Å². The molecular weight excluding hydrogens is 204 g/mol. The highest BCUT2D eigenvalue weighted by atomic mass is 16.2. The van der Waals surface area contributed by atoms with Crippen LogP contribution in [0.15, 0.2) is 18.3 Å². The van der Waals surface area contributed by atoms with Crippen molar-refractivity contribution in [2.45, 2.75) is 25.8 Å². The Morgan fingerprint density at radius 1 is 1.50 bits per heavy atom. The lowest BCUT2D eigenvalue weighted by atomic mass is 10.1. The average Bonchev–Trinajstić information content (AvgIpc) is 2.32. The van der Waals surface area contributed by atoms with Crippen LogP contribution in [0.4, 0.5) is 5.69 Å². The highest BCUT2D eigenvalue weighted by Crippen LogP contribution is 2.14. The zero-order valence-electron chi connectivity index (χ0n) is 9.15. The zero-order valence-corrected chi connectivity index (χ0v) is 9.15. The largest absolute Gasteiger partial charge is 0.337 e. The van der Waals surface area contributed by atoms with Crippen molar-refractivity contribution in [2.75, 3.05) is 12.0 Å². The van der Waals surface area contributed by atoms with Gasteiger partial charge in [0, 0.05) is 19.2 Å². The number of hydrogen-bond donors (Lipinski definition) is 2. The molecule has 1 aliphatic rings. The Labute approximate surface area is 94.6 Å². The fourth-order valence-electron chi connectivity index (χ4n) is 1.88. The number of piperidine rings is 1. The Morgan fingerprint density at radius 2 is 2.38 bits per heavy atom. The van der Waals surface area contributed by atoms with E-state index in [1.165, 1.54) is 0 Å². The number of pyridine rings is 1. The summed E-state index contributed by atoms with van der Waals surface area (Å²) in [5.74, 6) is 5.54. The first-order chi connectivity index (χ1) is 7.79. The Hall–Kier alpha value is -1.62. The third kappa shape index (κ3) is 2.49. The van der Waals surface area contributed by atoms with Crippen molar-refractivity contribution >= 4 is 11.6 Å². The number of hydrogen-bond acceptors (Lipinski definition) is 4. The Kier molecular flexibility index (Phi) is 3.36. The van der Waals surface area contributed by atoms with Gasteiger partial charge >= 0.3 is 0 Å². The van der Waals surface area contributed by atoms with E-state index in [2.05, 4.69) is 10.4 Å². The van der Waals surface area contributed by atoms with Crippen molar-refractivity contribution in [1.29, 1.82) is 0 Å². The maximum Gasteiger partial charge on any atom is 0.222 e. The molecule has 86 valence electrons. The second-order valence-corrected chi connectivity index (χ2v) is 3.95. The summed E-state index contributed by atoms with van der Waals surface area (Å²) in [7, 11) is 0. The van der Waals surface area contributed by atoms with Crippen LogP contribution in [0, 0.1) is 0 Å². The highest BCUT2D eigenvalue weighted by molar-refractivity contribution is 5.76. The van der Waals surface area contributed by atoms with Crippen LogP contribution >= 0.6 is 0 Å². The number of hydrazine groups is 1. The van der Waals surface area contributed by atoms with E-state index in [9.17, 15) is 4.79 Å². The van der Waals surface area contributed by atoms with Gasteiger partial charge in [-0.3, -0.25) is 15.6 Å².